The molecule has 5 nitrogen and oxygen atoms in total. The molecule has 0 unspecified atom stereocenters. The molecule has 1 N–H and O–H groups in total. The van der Waals surface area contributed by atoms with Gasteiger partial charge in [-0.25, -0.2) is 0 Å². The highest BCUT2D eigenvalue weighted by molar-refractivity contribution is 8.01. The van der Waals surface area contributed by atoms with Crippen LogP contribution in [0.4, 0.5) is 5.13 Å². The molecule has 0 aliphatic rings. The number of rotatable bonds is 10. The second kappa shape index (κ2) is 11.0. The van der Waals surface area contributed by atoms with Gasteiger partial charge in [-0.05, 0) is 31.4 Å². The Kier molecular flexibility index (Phi) is 8.07. The SMILES string of the molecule is CC(C)Nc1nnc(SCC(=O)N(CCc2ccccc2)Cc2ccccc2)s1. The van der Waals surface area contributed by atoms with Crippen LogP contribution in [0.1, 0.15) is 25.0 Å². The second-order valence-corrected chi connectivity index (χ2v) is 9.20. The molecule has 3 rings (SSSR count). The van der Waals surface area contributed by atoms with Crippen LogP contribution in [-0.2, 0) is 17.8 Å². The lowest BCUT2D eigenvalue weighted by Crippen LogP contribution is -2.33. The van der Waals surface area contributed by atoms with Crippen molar-refractivity contribution in [3.63, 3.8) is 0 Å². The van der Waals surface area contributed by atoms with E-state index in [1.165, 1.54) is 28.7 Å². The summed E-state index contributed by atoms with van der Waals surface area (Å²) >= 11 is 2.94. The zero-order valence-corrected chi connectivity index (χ0v) is 18.4. The van der Waals surface area contributed by atoms with E-state index in [1.54, 1.807) is 0 Å². The summed E-state index contributed by atoms with van der Waals surface area (Å²) in [5.41, 5.74) is 2.37. The molecule has 0 radical (unpaired) electrons. The Morgan fingerprint density at radius 1 is 1.03 bits per heavy atom. The summed E-state index contributed by atoms with van der Waals surface area (Å²) in [6.07, 6.45) is 0.839. The zero-order chi connectivity index (χ0) is 20.5. The second-order valence-electron chi connectivity index (χ2n) is 7.00. The van der Waals surface area contributed by atoms with Gasteiger partial charge in [0.05, 0.1) is 5.75 Å². The Morgan fingerprint density at radius 3 is 2.34 bits per heavy atom. The first-order valence-electron chi connectivity index (χ1n) is 9.68. The minimum absolute atomic E-state index is 0.114. The van der Waals surface area contributed by atoms with Crippen molar-refractivity contribution in [2.45, 2.75) is 37.2 Å². The number of hydrogen-bond acceptors (Lipinski definition) is 6. The Morgan fingerprint density at radius 2 is 1.69 bits per heavy atom. The van der Waals surface area contributed by atoms with Gasteiger partial charge in [-0.1, -0.05) is 83.8 Å². The highest BCUT2D eigenvalue weighted by Gasteiger charge is 2.16. The molecule has 0 bridgehead atoms. The number of anilines is 1. The van der Waals surface area contributed by atoms with Gasteiger partial charge in [-0.15, -0.1) is 10.2 Å². The topological polar surface area (TPSA) is 58.1 Å². The van der Waals surface area contributed by atoms with E-state index in [2.05, 4.69) is 53.6 Å². The third-order valence-electron chi connectivity index (χ3n) is 4.22. The number of carbonyl (C=O) groups excluding carboxylic acids is 1. The predicted octanol–water partition coefficient (Wildman–Crippen LogP) is 4.72. The minimum atomic E-state index is 0.114. The molecule has 0 saturated heterocycles. The lowest BCUT2D eigenvalue weighted by atomic mass is 10.1. The van der Waals surface area contributed by atoms with E-state index in [-0.39, 0.29) is 5.91 Å². The van der Waals surface area contributed by atoms with Crippen LogP contribution in [0.15, 0.2) is 65.0 Å². The van der Waals surface area contributed by atoms with Crippen LogP contribution >= 0.6 is 23.1 Å². The summed E-state index contributed by atoms with van der Waals surface area (Å²) in [6, 6.07) is 20.7. The van der Waals surface area contributed by atoms with E-state index in [1.807, 2.05) is 41.3 Å². The highest BCUT2D eigenvalue weighted by atomic mass is 32.2. The molecule has 0 fully saturated rings. The molecule has 29 heavy (non-hydrogen) atoms. The molecule has 1 amide bonds. The van der Waals surface area contributed by atoms with Gasteiger partial charge in [-0.2, -0.15) is 0 Å². The third kappa shape index (κ3) is 7.18. The number of hydrogen-bond donors (Lipinski definition) is 1. The fraction of sp³-hybridized carbons (Fsp3) is 0.318. The van der Waals surface area contributed by atoms with Crippen LogP contribution < -0.4 is 5.32 Å². The van der Waals surface area contributed by atoms with Crippen molar-refractivity contribution in [1.82, 2.24) is 15.1 Å². The Balaban J connectivity index is 1.60. The van der Waals surface area contributed by atoms with Crippen LogP contribution in [0.25, 0.3) is 0 Å². The molecule has 1 heterocycles. The molecule has 0 spiro atoms. The number of amides is 1. The van der Waals surface area contributed by atoms with Crippen molar-refractivity contribution in [2.24, 2.45) is 0 Å². The lowest BCUT2D eigenvalue weighted by Gasteiger charge is -2.23. The Labute approximate surface area is 180 Å². The first-order valence-corrected chi connectivity index (χ1v) is 11.5. The number of nitrogens with one attached hydrogen (secondary N) is 1. The number of aromatic nitrogens is 2. The number of carbonyl (C=O) groups is 1. The average molecular weight is 427 g/mol. The molecule has 0 atom stereocenters. The van der Waals surface area contributed by atoms with E-state index in [0.29, 0.717) is 24.9 Å². The van der Waals surface area contributed by atoms with Gasteiger partial charge in [0.25, 0.3) is 0 Å². The smallest absolute Gasteiger partial charge is 0.233 e. The normalized spacial score (nSPS) is 10.9. The van der Waals surface area contributed by atoms with Crippen molar-refractivity contribution in [3.8, 4) is 0 Å². The van der Waals surface area contributed by atoms with Gasteiger partial charge in [0.1, 0.15) is 0 Å². The molecule has 2 aromatic carbocycles. The van der Waals surface area contributed by atoms with E-state index >= 15 is 0 Å². The fourth-order valence-electron chi connectivity index (χ4n) is 2.79. The summed E-state index contributed by atoms with van der Waals surface area (Å²) in [4.78, 5) is 14.9. The molecule has 1 aromatic heterocycles. The van der Waals surface area contributed by atoms with E-state index in [0.717, 1.165) is 21.5 Å². The summed E-state index contributed by atoms with van der Waals surface area (Å²) in [5, 5.41) is 12.3. The van der Waals surface area contributed by atoms with Crippen molar-refractivity contribution < 1.29 is 4.79 Å². The van der Waals surface area contributed by atoms with Gasteiger partial charge in [0.2, 0.25) is 11.0 Å². The summed E-state index contributed by atoms with van der Waals surface area (Å²) < 4.78 is 0.809. The maximum Gasteiger partial charge on any atom is 0.233 e. The summed E-state index contributed by atoms with van der Waals surface area (Å²) in [7, 11) is 0. The molecule has 152 valence electrons. The molecular weight excluding hydrogens is 400 g/mol. The van der Waals surface area contributed by atoms with Gasteiger partial charge in [0.15, 0.2) is 4.34 Å². The number of benzene rings is 2. The van der Waals surface area contributed by atoms with Crippen LogP contribution in [-0.4, -0.2) is 39.3 Å². The van der Waals surface area contributed by atoms with E-state index in [4.69, 9.17) is 0 Å². The number of nitrogens with zero attached hydrogens (tertiary/aromatic N) is 3. The molecule has 0 aliphatic heterocycles. The average Bonchev–Trinajstić information content (AvgIpc) is 3.17. The van der Waals surface area contributed by atoms with Crippen LogP contribution in [0.5, 0.6) is 0 Å². The van der Waals surface area contributed by atoms with Crippen LogP contribution in [0, 0.1) is 0 Å². The third-order valence-corrected chi connectivity index (χ3v) is 6.19. The largest absolute Gasteiger partial charge is 0.358 e. The quantitative estimate of drug-likeness (QED) is 0.475. The van der Waals surface area contributed by atoms with Crippen LogP contribution in [0.3, 0.4) is 0 Å². The maximum atomic E-state index is 13.0. The first-order chi connectivity index (χ1) is 14.1. The lowest BCUT2D eigenvalue weighted by molar-refractivity contribution is -0.128. The van der Waals surface area contributed by atoms with Gasteiger partial charge >= 0.3 is 0 Å². The fourth-order valence-corrected chi connectivity index (χ4v) is 4.59. The van der Waals surface area contributed by atoms with Crippen molar-refractivity contribution in [1.29, 1.82) is 0 Å². The molecule has 0 saturated carbocycles. The van der Waals surface area contributed by atoms with Crippen molar-refractivity contribution >= 4 is 34.1 Å². The predicted molar refractivity (Wildman–Crippen MR) is 121 cm³/mol. The molecule has 3 aromatic rings. The Hall–Kier alpha value is -2.38. The summed E-state index contributed by atoms with van der Waals surface area (Å²) in [5.74, 6) is 0.473. The standard InChI is InChI=1S/C22H26N4OS2/c1-17(2)23-21-24-25-22(29-21)28-16-20(27)26(15-19-11-7-4-8-12-19)14-13-18-9-5-3-6-10-18/h3-12,17H,13-16H2,1-2H3,(H,23,24). The monoisotopic (exact) mass is 426 g/mol. The highest BCUT2D eigenvalue weighted by Crippen LogP contribution is 2.26. The van der Waals surface area contributed by atoms with Crippen molar-refractivity contribution in [3.05, 3.63) is 71.8 Å². The summed E-state index contributed by atoms with van der Waals surface area (Å²) in [6.45, 7) is 5.43. The van der Waals surface area contributed by atoms with Crippen molar-refractivity contribution in [2.75, 3.05) is 17.6 Å². The van der Waals surface area contributed by atoms with Gasteiger partial charge < -0.3 is 10.2 Å². The van der Waals surface area contributed by atoms with E-state index < -0.39 is 0 Å². The number of thioether (sulfide) groups is 1. The molecule has 7 heteroatoms. The molecular formula is C22H26N4OS2. The zero-order valence-electron chi connectivity index (χ0n) is 16.7. The van der Waals surface area contributed by atoms with Gasteiger partial charge in [0, 0.05) is 19.1 Å². The van der Waals surface area contributed by atoms with E-state index in [9.17, 15) is 4.79 Å². The minimum Gasteiger partial charge on any atom is -0.358 e. The first kappa shape index (κ1) is 21.3. The van der Waals surface area contributed by atoms with Crippen LogP contribution in [0.2, 0.25) is 0 Å². The molecule has 0 aliphatic carbocycles. The maximum absolute atomic E-state index is 13.0. The Bertz CT molecular complexity index is 884. The van der Waals surface area contributed by atoms with Gasteiger partial charge in [-0.3, -0.25) is 4.79 Å².